The van der Waals surface area contributed by atoms with Gasteiger partial charge in [-0.3, -0.25) is 5.43 Å². The summed E-state index contributed by atoms with van der Waals surface area (Å²) in [5.74, 6) is -0.986. The molecule has 0 heterocycles. The molecule has 21 heavy (non-hydrogen) atoms. The third-order valence-corrected chi connectivity index (χ3v) is 3.33. The first-order chi connectivity index (χ1) is 9.97. The van der Waals surface area contributed by atoms with Crippen LogP contribution in [0.1, 0.15) is 22.8 Å². The first-order valence-electron chi connectivity index (χ1n) is 6.06. The van der Waals surface area contributed by atoms with E-state index in [4.69, 9.17) is 28.3 Å². The molecular formula is C15H12Cl2N2O2. The van der Waals surface area contributed by atoms with Gasteiger partial charge in [0.2, 0.25) is 0 Å². The van der Waals surface area contributed by atoms with Crippen LogP contribution in [0.4, 0.5) is 5.69 Å². The quantitative estimate of drug-likeness (QED) is 0.642. The Labute approximate surface area is 132 Å². The second-order valence-electron chi connectivity index (χ2n) is 4.32. The molecule has 0 aromatic heterocycles. The number of nitrogens with zero attached hydrogens (tertiary/aromatic N) is 1. The van der Waals surface area contributed by atoms with Gasteiger partial charge in [0.25, 0.3) is 0 Å². The Kier molecular flexibility index (Phi) is 4.83. The molecule has 4 nitrogen and oxygen atoms in total. The molecule has 0 spiro atoms. The second-order valence-corrected chi connectivity index (χ2v) is 5.16. The highest BCUT2D eigenvalue weighted by Crippen LogP contribution is 2.21. The Bertz CT molecular complexity index is 715. The van der Waals surface area contributed by atoms with Crippen LogP contribution in [0.2, 0.25) is 10.0 Å². The van der Waals surface area contributed by atoms with Crippen LogP contribution in [0, 0.1) is 0 Å². The average Bonchev–Trinajstić information content (AvgIpc) is 2.45. The number of nitrogens with one attached hydrogen (secondary N) is 1. The number of carboxylic acid groups (broad SMARTS) is 1. The SMILES string of the molecule is C/C(=N\Nc1cccc(C(=O)O)c1)c1ccc(Cl)cc1Cl. The number of hydrazone groups is 1. The van der Waals surface area contributed by atoms with Crippen LogP contribution in [-0.4, -0.2) is 16.8 Å². The van der Waals surface area contributed by atoms with Gasteiger partial charge in [0.15, 0.2) is 0 Å². The van der Waals surface area contributed by atoms with Gasteiger partial charge in [-0.15, -0.1) is 0 Å². The monoisotopic (exact) mass is 322 g/mol. The predicted molar refractivity (Wildman–Crippen MR) is 85.7 cm³/mol. The average molecular weight is 323 g/mol. The van der Waals surface area contributed by atoms with Gasteiger partial charge in [0.1, 0.15) is 0 Å². The van der Waals surface area contributed by atoms with Gasteiger partial charge in [0, 0.05) is 10.6 Å². The molecule has 0 saturated heterocycles. The van der Waals surface area contributed by atoms with Crippen LogP contribution in [0.25, 0.3) is 0 Å². The summed E-state index contributed by atoms with van der Waals surface area (Å²) in [6, 6.07) is 11.5. The summed E-state index contributed by atoms with van der Waals surface area (Å²) in [5.41, 5.74) is 5.00. The molecule has 108 valence electrons. The van der Waals surface area contributed by atoms with E-state index in [1.165, 1.54) is 12.1 Å². The zero-order valence-corrected chi connectivity index (χ0v) is 12.6. The number of carboxylic acids is 1. The molecular weight excluding hydrogens is 311 g/mol. The molecule has 2 aromatic carbocycles. The number of halogens is 2. The fraction of sp³-hybridized carbons (Fsp3) is 0.0667. The molecule has 0 aliphatic heterocycles. The van der Waals surface area contributed by atoms with Crippen molar-refractivity contribution in [1.82, 2.24) is 0 Å². The number of rotatable bonds is 4. The number of benzene rings is 2. The van der Waals surface area contributed by atoms with E-state index >= 15 is 0 Å². The van der Waals surface area contributed by atoms with Crippen molar-refractivity contribution >= 4 is 40.6 Å². The minimum atomic E-state index is -0.986. The van der Waals surface area contributed by atoms with E-state index in [9.17, 15) is 4.79 Å². The molecule has 2 N–H and O–H groups in total. The molecule has 0 fully saturated rings. The highest BCUT2D eigenvalue weighted by molar-refractivity contribution is 6.37. The Morgan fingerprint density at radius 3 is 2.62 bits per heavy atom. The third-order valence-electron chi connectivity index (χ3n) is 2.78. The molecule has 0 aliphatic rings. The summed E-state index contributed by atoms with van der Waals surface area (Å²) >= 11 is 11.9. The van der Waals surface area contributed by atoms with E-state index in [0.29, 0.717) is 21.4 Å². The first kappa shape index (κ1) is 15.4. The van der Waals surface area contributed by atoms with Crippen molar-refractivity contribution in [2.45, 2.75) is 6.92 Å². The standard InChI is InChI=1S/C15H12Cl2N2O2/c1-9(13-6-5-11(16)8-14(13)17)18-19-12-4-2-3-10(7-12)15(20)21/h2-8,19H,1H3,(H,20,21)/b18-9+. The zero-order valence-electron chi connectivity index (χ0n) is 11.1. The Balaban J connectivity index is 2.20. The van der Waals surface area contributed by atoms with Crippen molar-refractivity contribution < 1.29 is 9.90 Å². The molecule has 0 aliphatic carbocycles. The van der Waals surface area contributed by atoms with Crippen LogP contribution in [0.5, 0.6) is 0 Å². The van der Waals surface area contributed by atoms with Crippen molar-refractivity contribution in [1.29, 1.82) is 0 Å². The summed E-state index contributed by atoms with van der Waals surface area (Å²) in [5, 5.41) is 14.2. The predicted octanol–water partition coefficient (Wildman–Crippen LogP) is 4.53. The molecule has 6 heteroatoms. The number of anilines is 1. The van der Waals surface area contributed by atoms with Crippen molar-refractivity contribution in [2.24, 2.45) is 5.10 Å². The third kappa shape index (κ3) is 3.97. The van der Waals surface area contributed by atoms with Crippen LogP contribution in [-0.2, 0) is 0 Å². The fourth-order valence-electron chi connectivity index (χ4n) is 1.71. The van der Waals surface area contributed by atoms with Gasteiger partial charge in [0.05, 0.1) is 22.0 Å². The Morgan fingerprint density at radius 1 is 1.19 bits per heavy atom. The molecule has 0 radical (unpaired) electrons. The minimum Gasteiger partial charge on any atom is -0.478 e. The van der Waals surface area contributed by atoms with E-state index < -0.39 is 5.97 Å². The van der Waals surface area contributed by atoms with Gasteiger partial charge >= 0.3 is 5.97 Å². The van der Waals surface area contributed by atoms with Crippen molar-refractivity contribution in [3.05, 3.63) is 63.6 Å². The topological polar surface area (TPSA) is 61.7 Å². The van der Waals surface area contributed by atoms with E-state index in [-0.39, 0.29) is 5.56 Å². The highest BCUT2D eigenvalue weighted by atomic mass is 35.5. The highest BCUT2D eigenvalue weighted by Gasteiger charge is 2.05. The van der Waals surface area contributed by atoms with Crippen molar-refractivity contribution in [3.8, 4) is 0 Å². The van der Waals surface area contributed by atoms with E-state index in [1.54, 1.807) is 37.3 Å². The van der Waals surface area contributed by atoms with Crippen LogP contribution >= 0.6 is 23.2 Å². The maximum absolute atomic E-state index is 10.9. The van der Waals surface area contributed by atoms with Gasteiger partial charge < -0.3 is 5.11 Å². The van der Waals surface area contributed by atoms with Gasteiger partial charge in [-0.2, -0.15) is 5.10 Å². The molecule has 0 unspecified atom stereocenters. The summed E-state index contributed by atoms with van der Waals surface area (Å²) < 4.78 is 0. The molecule has 0 saturated carbocycles. The molecule has 0 bridgehead atoms. The van der Waals surface area contributed by atoms with Gasteiger partial charge in [-0.05, 0) is 37.3 Å². The lowest BCUT2D eigenvalue weighted by Crippen LogP contribution is -2.02. The lowest BCUT2D eigenvalue weighted by atomic mass is 10.1. The zero-order chi connectivity index (χ0) is 15.4. The number of aromatic carboxylic acids is 1. The molecule has 2 rings (SSSR count). The molecule has 2 aromatic rings. The smallest absolute Gasteiger partial charge is 0.335 e. The number of hydrogen-bond acceptors (Lipinski definition) is 3. The van der Waals surface area contributed by atoms with E-state index in [1.807, 2.05) is 0 Å². The Morgan fingerprint density at radius 2 is 1.95 bits per heavy atom. The van der Waals surface area contributed by atoms with Crippen LogP contribution in [0.15, 0.2) is 47.6 Å². The van der Waals surface area contributed by atoms with Crippen LogP contribution in [0.3, 0.4) is 0 Å². The summed E-state index contributed by atoms with van der Waals surface area (Å²) in [7, 11) is 0. The van der Waals surface area contributed by atoms with Gasteiger partial charge in [-0.1, -0.05) is 35.3 Å². The van der Waals surface area contributed by atoms with E-state index in [2.05, 4.69) is 10.5 Å². The summed E-state index contributed by atoms with van der Waals surface area (Å²) in [6.45, 7) is 1.79. The van der Waals surface area contributed by atoms with E-state index in [0.717, 1.165) is 5.56 Å². The van der Waals surface area contributed by atoms with Crippen molar-refractivity contribution in [2.75, 3.05) is 5.43 Å². The summed E-state index contributed by atoms with van der Waals surface area (Å²) in [4.78, 5) is 10.9. The normalized spacial score (nSPS) is 11.3. The maximum Gasteiger partial charge on any atom is 0.335 e. The molecule has 0 atom stereocenters. The minimum absolute atomic E-state index is 0.192. The van der Waals surface area contributed by atoms with Crippen molar-refractivity contribution in [3.63, 3.8) is 0 Å². The first-order valence-corrected chi connectivity index (χ1v) is 6.82. The lowest BCUT2D eigenvalue weighted by molar-refractivity contribution is 0.0697. The van der Waals surface area contributed by atoms with Gasteiger partial charge in [-0.25, -0.2) is 4.79 Å². The number of hydrogen-bond donors (Lipinski definition) is 2. The lowest BCUT2D eigenvalue weighted by Gasteiger charge is -2.06. The second kappa shape index (κ2) is 6.61. The van der Waals surface area contributed by atoms with Crippen LogP contribution < -0.4 is 5.43 Å². The maximum atomic E-state index is 10.9. The summed E-state index contributed by atoms with van der Waals surface area (Å²) in [6.07, 6.45) is 0. The number of carbonyl (C=O) groups is 1. The Hall–Kier alpha value is -2.04. The molecule has 0 amide bonds. The fourth-order valence-corrected chi connectivity index (χ4v) is 2.26. The largest absolute Gasteiger partial charge is 0.478 e.